The molecule has 126 valence electrons. The quantitative estimate of drug-likeness (QED) is 0.772. The van der Waals surface area contributed by atoms with Crippen LogP contribution in [0.15, 0.2) is 59.5 Å². The first-order chi connectivity index (χ1) is 11.4. The summed E-state index contributed by atoms with van der Waals surface area (Å²) >= 11 is 5.97. The summed E-state index contributed by atoms with van der Waals surface area (Å²) in [6.07, 6.45) is 3.01. The average Bonchev–Trinajstić information content (AvgIpc) is 2.56. The van der Waals surface area contributed by atoms with Crippen LogP contribution < -0.4 is 10.0 Å². The molecule has 7 heteroatoms. The van der Waals surface area contributed by atoms with Crippen molar-refractivity contribution >= 4 is 39.3 Å². The van der Waals surface area contributed by atoms with Crippen LogP contribution in [0.2, 0.25) is 5.02 Å². The summed E-state index contributed by atoms with van der Waals surface area (Å²) in [5.41, 5.74) is 1.04. The molecule has 1 amide bonds. The van der Waals surface area contributed by atoms with Gasteiger partial charge in [0, 0.05) is 12.6 Å². The van der Waals surface area contributed by atoms with E-state index in [1.54, 1.807) is 42.5 Å². The van der Waals surface area contributed by atoms with Gasteiger partial charge < -0.3 is 5.32 Å². The molecular weight excluding hydrogens is 348 g/mol. The highest BCUT2D eigenvalue weighted by atomic mass is 35.5. The molecular formula is C17H17ClN2O3S. The molecule has 2 aromatic rings. The molecule has 24 heavy (non-hydrogen) atoms. The maximum absolute atomic E-state index is 12.4. The molecule has 0 radical (unpaired) electrons. The zero-order valence-corrected chi connectivity index (χ0v) is 14.6. The predicted molar refractivity (Wildman–Crippen MR) is 96.4 cm³/mol. The molecule has 0 unspecified atom stereocenters. The fraction of sp³-hybridized carbons (Fsp3) is 0.118. The van der Waals surface area contributed by atoms with E-state index in [0.717, 1.165) is 5.56 Å². The topological polar surface area (TPSA) is 75.3 Å². The molecule has 2 N–H and O–H groups in total. The molecule has 0 saturated carbocycles. The van der Waals surface area contributed by atoms with Crippen LogP contribution in [0, 0.1) is 0 Å². The summed E-state index contributed by atoms with van der Waals surface area (Å²) in [6, 6.07) is 12.8. The van der Waals surface area contributed by atoms with Gasteiger partial charge in [-0.15, -0.1) is 0 Å². The summed E-state index contributed by atoms with van der Waals surface area (Å²) in [5.74, 6) is -0.199. The lowest BCUT2D eigenvalue weighted by Crippen LogP contribution is -2.19. The summed E-state index contributed by atoms with van der Waals surface area (Å²) in [4.78, 5) is 11.5. The van der Waals surface area contributed by atoms with E-state index in [9.17, 15) is 13.2 Å². The number of sulfonamides is 1. The van der Waals surface area contributed by atoms with Gasteiger partial charge in [0.05, 0.1) is 15.6 Å². The van der Waals surface area contributed by atoms with Crippen molar-refractivity contribution in [1.82, 2.24) is 5.32 Å². The van der Waals surface area contributed by atoms with E-state index in [2.05, 4.69) is 10.0 Å². The van der Waals surface area contributed by atoms with Gasteiger partial charge >= 0.3 is 0 Å². The largest absolute Gasteiger partial charge is 0.353 e. The molecule has 0 saturated heterocycles. The zero-order valence-electron chi connectivity index (χ0n) is 13.0. The normalized spacial score (nSPS) is 11.4. The van der Waals surface area contributed by atoms with E-state index in [1.807, 2.05) is 6.92 Å². The number of anilines is 1. The number of rotatable bonds is 6. The van der Waals surface area contributed by atoms with Crippen molar-refractivity contribution in [2.75, 3.05) is 11.3 Å². The van der Waals surface area contributed by atoms with Crippen LogP contribution in [-0.4, -0.2) is 20.9 Å². The van der Waals surface area contributed by atoms with Crippen LogP contribution in [-0.2, 0) is 14.8 Å². The second kappa shape index (κ2) is 7.99. The number of nitrogens with one attached hydrogen (secondary N) is 2. The molecule has 0 aromatic heterocycles. The number of hydrogen-bond acceptors (Lipinski definition) is 3. The Bertz CT molecular complexity index is 846. The number of halogens is 1. The van der Waals surface area contributed by atoms with Crippen molar-refractivity contribution in [2.24, 2.45) is 0 Å². The second-order valence-electron chi connectivity index (χ2n) is 4.88. The van der Waals surface area contributed by atoms with E-state index in [-0.39, 0.29) is 10.8 Å². The van der Waals surface area contributed by atoms with Gasteiger partial charge in [-0.25, -0.2) is 8.42 Å². The zero-order chi connectivity index (χ0) is 17.6. The number of benzene rings is 2. The maximum Gasteiger partial charge on any atom is 0.261 e. The van der Waals surface area contributed by atoms with E-state index < -0.39 is 10.0 Å². The van der Waals surface area contributed by atoms with Gasteiger partial charge in [-0.1, -0.05) is 35.9 Å². The third-order valence-corrected chi connectivity index (χ3v) is 4.80. The molecule has 0 aliphatic rings. The van der Waals surface area contributed by atoms with Crippen LogP contribution in [0.25, 0.3) is 6.08 Å². The van der Waals surface area contributed by atoms with Crippen molar-refractivity contribution in [3.05, 3.63) is 65.2 Å². The highest BCUT2D eigenvalue weighted by molar-refractivity contribution is 7.92. The summed E-state index contributed by atoms with van der Waals surface area (Å²) < 4.78 is 27.2. The average molecular weight is 365 g/mol. The molecule has 0 atom stereocenters. The fourth-order valence-corrected chi connectivity index (χ4v) is 3.23. The lowest BCUT2D eigenvalue weighted by Gasteiger charge is -2.09. The molecule has 2 aromatic carbocycles. The van der Waals surface area contributed by atoms with Crippen LogP contribution >= 0.6 is 11.6 Å². The van der Waals surface area contributed by atoms with Crippen molar-refractivity contribution in [1.29, 1.82) is 0 Å². The second-order valence-corrected chi connectivity index (χ2v) is 6.97. The van der Waals surface area contributed by atoms with Crippen molar-refractivity contribution in [2.45, 2.75) is 11.8 Å². The Morgan fingerprint density at radius 1 is 1.12 bits per heavy atom. The molecule has 5 nitrogen and oxygen atoms in total. The predicted octanol–water partition coefficient (Wildman–Crippen LogP) is 3.29. The van der Waals surface area contributed by atoms with Crippen molar-refractivity contribution in [3.63, 3.8) is 0 Å². The third-order valence-electron chi connectivity index (χ3n) is 3.09. The first-order valence-corrected chi connectivity index (χ1v) is 9.12. The number of amides is 1. The van der Waals surface area contributed by atoms with E-state index in [1.165, 1.54) is 18.2 Å². The third kappa shape index (κ3) is 4.84. The number of carbonyl (C=O) groups is 1. The SMILES string of the molecule is CCNC(=O)/C=C/c1ccc(S(=O)(=O)Nc2ccccc2Cl)cc1. The monoisotopic (exact) mass is 364 g/mol. The van der Waals surface area contributed by atoms with E-state index in [0.29, 0.717) is 17.3 Å². The van der Waals surface area contributed by atoms with Gasteiger partial charge in [-0.2, -0.15) is 0 Å². The summed E-state index contributed by atoms with van der Waals surface area (Å²) in [6.45, 7) is 2.38. The van der Waals surface area contributed by atoms with E-state index >= 15 is 0 Å². The summed E-state index contributed by atoms with van der Waals surface area (Å²) in [7, 11) is -3.73. The smallest absolute Gasteiger partial charge is 0.261 e. The molecule has 0 spiro atoms. The Morgan fingerprint density at radius 3 is 2.42 bits per heavy atom. The van der Waals surface area contributed by atoms with Gasteiger partial charge in [-0.3, -0.25) is 9.52 Å². The Kier molecular flexibility index (Phi) is 6.00. The molecule has 0 fully saturated rings. The lowest BCUT2D eigenvalue weighted by atomic mass is 10.2. The lowest BCUT2D eigenvalue weighted by molar-refractivity contribution is -0.116. The molecule has 0 aliphatic heterocycles. The van der Waals surface area contributed by atoms with Crippen LogP contribution in [0.3, 0.4) is 0 Å². The fourth-order valence-electron chi connectivity index (χ4n) is 1.91. The van der Waals surface area contributed by atoms with Gasteiger partial charge in [-0.05, 0) is 42.8 Å². The Hall–Kier alpha value is -2.31. The van der Waals surface area contributed by atoms with Gasteiger partial charge in [0.1, 0.15) is 0 Å². The standard InChI is InChI=1S/C17H17ClN2O3S/c1-2-19-17(21)12-9-13-7-10-14(11-8-13)24(22,23)20-16-6-4-3-5-15(16)18/h3-12,20H,2H2,1H3,(H,19,21)/b12-9+. The maximum atomic E-state index is 12.4. The summed E-state index contributed by atoms with van der Waals surface area (Å²) in [5, 5.41) is 2.96. The number of para-hydroxylation sites is 1. The Labute approximate surface area is 146 Å². The minimum absolute atomic E-state index is 0.109. The van der Waals surface area contributed by atoms with Gasteiger partial charge in [0.15, 0.2) is 0 Å². The first-order valence-electron chi connectivity index (χ1n) is 7.25. The minimum Gasteiger partial charge on any atom is -0.353 e. The van der Waals surface area contributed by atoms with Crippen LogP contribution in [0.4, 0.5) is 5.69 Å². The minimum atomic E-state index is -3.73. The van der Waals surface area contributed by atoms with Gasteiger partial charge in [0.25, 0.3) is 10.0 Å². The van der Waals surface area contributed by atoms with Gasteiger partial charge in [0.2, 0.25) is 5.91 Å². The van der Waals surface area contributed by atoms with Crippen LogP contribution in [0.1, 0.15) is 12.5 Å². The molecule has 2 rings (SSSR count). The van der Waals surface area contributed by atoms with E-state index in [4.69, 9.17) is 11.6 Å². The highest BCUT2D eigenvalue weighted by Crippen LogP contribution is 2.24. The number of likely N-dealkylation sites (N-methyl/N-ethyl adjacent to an activating group) is 1. The molecule has 0 heterocycles. The van der Waals surface area contributed by atoms with Crippen molar-refractivity contribution in [3.8, 4) is 0 Å². The highest BCUT2D eigenvalue weighted by Gasteiger charge is 2.15. The molecule has 0 bridgehead atoms. The number of carbonyl (C=O) groups excluding carboxylic acids is 1. The van der Waals surface area contributed by atoms with Crippen molar-refractivity contribution < 1.29 is 13.2 Å². The first kappa shape index (κ1) is 18.0. The Morgan fingerprint density at radius 2 is 1.79 bits per heavy atom. The molecule has 0 aliphatic carbocycles. The Balaban J connectivity index is 2.15. The van der Waals surface area contributed by atoms with Crippen LogP contribution in [0.5, 0.6) is 0 Å². The number of hydrogen-bond donors (Lipinski definition) is 2.